The van der Waals surface area contributed by atoms with Gasteiger partial charge in [-0.15, -0.1) is 0 Å². The standard InChI is InChI=1S/C17H21NO2S/c1-18(17(20)16-8-10-21-13-16)12-15-7-4-6-14(11-15)5-2-3-9-19/h4,6-7,11,16,19H,3,8-10,12-13H2,1H3. The molecule has 1 N–H and O–H groups in total. The molecule has 1 aromatic carbocycles. The molecule has 1 fully saturated rings. The number of benzene rings is 1. The van der Waals surface area contributed by atoms with E-state index in [2.05, 4.69) is 11.8 Å². The van der Waals surface area contributed by atoms with Crippen molar-refractivity contribution in [3.05, 3.63) is 35.4 Å². The maximum Gasteiger partial charge on any atom is 0.226 e. The molecule has 0 saturated carbocycles. The Bertz CT molecular complexity index is 541. The van der Waals surface area contributed by atoms with Gasteiger partial charge in [0.05, 0.1) is 6.61 Å². The first-order valence-electron chi connectivity index (χ1n) is 7.22. The van der Waals surface area contributed by atoms with E-state index in [0.717, 1.165) is 29.1 Å². The van der Waals surface area contributed by atoms with Crippen molar-refractivity contribution < 1.29 is 9.90 Å². The number of hydrogen-bond donors (Lipinski definition) is 1. The first-order valence-corrected chi connectivity index (χ1v) is 8.37. The van der Waals surface area contributed by atoms with Crippen molar-refractivity contribution in [3.63, 3.8) is 0 Å². The largest absolute Gasteiger partial charge is 0.395 e. The minimum atomic E-state index is 0.0866. The lowest BCUT2D eigenvalue weighted by Crippen LogP contribution is -2.32. The molecule has 3 nitrogen and oxygen atoms in total. The fraction of sp³-hybridized carbons (Fsp3) is 0.471. The van der Waals surface area contributed by atoms with Crippen LogP contribution in [0.5, 0.6) is 0 Å². The van der Waals surface area contributed by atoms with Crippen LogP contribution >= 0.6 is 11.8 Å². The summed E-state index contributed by atoms with van der Waals surface area (Å²) in [5.41, 5.74) is 2.02. The Morgan fingerprint density at radius 3 is 3.10 bits per heavy atom. The van der Waals surface area contributed by atoms with Crippen molar-refractivity contribution >= 4 is 17.7 Å². The third-order valence-corrected chi connectivity index (χ3v) is 4.63. The van der Waals surface area contributed by atoms with E-state index >= 15 is 0 Å². The van der Waals surface area contributed by atoms with Gasteiger partial charge in [-0.05, 0) is 29.9 Å². The number of thioether (sulfide) groups is 1. The van der Waals surface area contributed by atoms with Crippen LogP contribution in [-0.4, -0.2) is 41.1 Å². The van der Waals surface area contributed by atoms with Gasteiger partial charge in [0.1, 0.15) is 0 Å². The molecule has 112 valence electrons. The molecule has 0 spiro atoms. The Balaban J connectivity index is 1.97. The summed E-state index contributed by atoms with van der Waals surface area (Å²) in [4.78, 5) is 14.1. The molecule has 1 aromatic rings. The van der Waals surface area contributed by atoms with E-state index in [1.165, 1.54) is 0 Å². The van der Waals surface area contributed by atoms with Gasteiger partial charge >= 0.3 is 0 Å². The lowest BCUT2D eigenvalue weighted by Gasteiger charge is -2.20. The summed E-state index contributed by atoms with van der Waals surface area (Å²) in [7, 11) is 1.87. The second-order valence-electron chi connectivity index (χ2n) is 5.23. The predicted molar refractivity (Wildman–Crippen MR) is 86.9 cm³/mol. The van der Waals surface area contributed by atoms with Gasteiger partial charge in [-0.3, -0.25) is 4.79 Å². The topological polar surface area (TPSA) is 40.5 Å². The first kappa shape index (κ1) is 15.9. The molecule has 0 aliphatic carbocycles. The van der Waals surface area contributed by atoms with E-state index in [9.17, 15) is 4.79 Å². The van der Waals surface area contributed by atoms with Crippen molar-refractivity contribution in [1.29, 1.82) is 0 Å². The van der Waals surface area contributed by atoms with Crippen LogP contribution in [0.4, 0.5) is 0 Å². The number of aliphatic hydroxyl groups excluding tert-OH is 1. The van der Waals surface area contributed by atoms with Crippen LogP contribution in [0.15, 0.2) is 24.3 Å². The van der Waals surface area contributed by atoms with Gasteiger partial charge < -0.3 is 10.0 Å². The monoisotopic (exact) mass is 303 g/mol. The molecular formula is C17H21NO2S. The van der Waals surface area contributed by atoms with Gasteiger partial charge in [-0.25, -0.2) is 0 Å². The minimum absolute atomic E-state index is 0.0866. The molecule has 1 unspecified atom stereocenters. The number of hydrogen-bond acceptors (Lipinski definition) is 3. The zero-order chi connectivity index (χ0) is 15.1. The Kier molecular flexibility index (Phi) is 6.16. The lowest BCUT2D eigenvalue weighted by atomic mass is 10.1. The Morgan fingerprint density at radius 1 is 1.52 bits per heavy atom. The SMILES string of the molecule is CN(Cc1cccc(C#CCCO)c1)C(=O)C1CCSC1. The van der Waals surface area contributed by atoms with Gasteiger partial charge in [0, 0.05) is 37.2 Å². The maximum absolute atomic E-state index is 12.3. The molecule has 1 amide bonds. The van der Waals surface area contributed by atoms with Gasteiger partial charge in [0.2, 0.25) is 5.91 Å². The highest BCUT2D eigenvalue weighted by Gasteiger charge is 2.25. The van der Waals surface area contributed by atoms with Crippen LogP contribution in [0.2, 0.25) is 0 Å². The highest BCUT2D eigenvalue weighted by molar-refractivity contribution is 7.99. The summed E-state index contributed by atoms with van der Waals surface area (Å²) in [5.74, 6) is 8.43. The predicted octanol–water partition coefficient (Wildman–Crippen LogP) is 2.13. The average Bonchev–Trinajstić information content (AvgIpc) is 3.01. The van der Waals surface area contributed by atoms with E-state index in [1.807, 2.05) is 48.0 Å². The Hall–Kier alpha value is -1.44. The molecule has 2 rings (SSSR count). The van der Waals surface area contributed by atoms with Crippen molar-refractivity contribution in [1.82, 2.24) is 4.90 Å². The van der Waals surface area contributed by atoms with Crippen LogP contribution < -0.4 is 0 Å². The zero-order valence-electron chi connectivity index (χ0n) is 12.3. The summed E-state index contributed by atoms with van der Waals surface area (Å²) in [6.45, 7) is 0.707. The third-order valence-electron chi connectivity index (χ3n) is 3.47. The molecule has 4 heteroatoms. The molecule has 1 saturated heterocycles. The molecule has 0 bridgehead atoms. The van der Waals surface area contributed by atoms with Crippen molar-refractivity contribution in [2.75, 3.05) is 25.2 Å². The molecule has 1 atom stereocenters. The van der Waals surface area contributed by atoms with Gasteiger partial charge in [0.15, 0.2) is 0 Å². The van der Waals surface area contributed by atoms with E-state index in [4.69, 9.17) is 5.11 Å². The van der Waals surface area contributed by atoms with E-state index in [0.29, 0.717) is 13.0 Å². The second-order valence-corrected chi connectivity index (χ2v) is 6.38. The fourth-order valence-corrected chi connectivity index (χ4v) is 3.57. The van der Waals surface area contributed by atoms with E-state index in [1.54, 1.807) is 0 Å². The number of aliphatic hydroxyl groups is 1. The molecule has 21 heavy (non-hydrogen) atoms. The van der Waals surface area contributed by atoms with Gasteiger partial charge in [0.25, 0.3) is 0 Å². The van der Waals surface area contributed by atoms with E-state index < -0.39 is 0 Å². The van der Waals surface area contributed by atoms with Crippen molar-refractivity contribution in [2.24, 2.45) is 5.92 Å². The Morgan fingerprint density at radius 2 is 2.38 bits per heavy atom. The summed E-state index contributed by atoms with van der Waals surface area (Å²) < 4.78 is 0. The highest BCUT2D eigenvalue weighted by atomic mass is 32.2. The number of amides is 1. The van der Waals surface area contributed by atoms with Crippen molar-refractivity contribution in [2.45, 2.75) is 19.4 Å². The number of nitrogens with zero attached hydrogens (tertiary/aromatic N) is 1. The van der Waals surface area contributed by atoms with Crippen LogP contribution in [-0.2, 0) is 11.3 Å². The number of rotatable bonds is 4. The summed E-state index contributed by atoms with van der Waals surface area (Å²) in [5, 5.41) is 8.73. The molecule has 0 aromatic heterocycles. The quantitative estimate of drug-likeness (QED) is 0.866. The van der Waals surface area contributed by atoms with Gasteiger partial charge in [-0.1, -0.05) is 24.0 Å². The second kappa shape index (κ2) is 8.11. The summed E-state index contributed by atoms with van der Waals surface area (Å²) in [6, 6.07) is 7.94. The molecule has 1 heterocycles. The first-order chi connectivity index (χ1) is 10.2. The van der Waals surface area contributed by atoms with E-state index in [-0.39, 0.29) is 18.4 Å². The number of carbonyl (C=O) groups excluding carboxylic acids is 1. The van der Waals surface area contributed by atoms with Crippen molar-refractivity contribution in [3.8, 4) is 11.8 Å². The Labute approximate surface area is 130 Å². The summed E-state index contributed by atoms with van der Waals surface area (Å²) in [6.07, 6.45) is 1.49. The van der Waals surface area contributed by atoms with Crippen LogP contribution in [0.1, 0.15) is 24.0 Å². The molecule has 1 aliphatic rings. The smallest absolute Gasteiger partial charge is 0.226 e. The highest BCUT2D eigenvalue weighted by Crippen LogP contribution is 2.25. The van der Waals surface area contributed by atoms with Crippen LogP contribution in [0.25, 0.3) is 0 Å². The normalized spacial score (nSPS) is 17.1. The fourth-order valence-electron chi connectivity index (χ4n) is 2.36. The molecule has 0 radical (unpaired) electrons. The maximum atomic E-state index is 12.3. The summed E-state index contributed by atoms with van der Waals surface area (Å²) >= 11 is 1.86. The minimum Gasteiger partial charge on any atom is -0.395 e. The molecular weight excluding hydrogens is 282 g/mol. The number of carbonyl (C=O) groups is 1. The lowest BCUT2D eigenvalue weighted by molar-refractivity contribution is -0.133. The van der Waals surface area contributed by atoms with Crippen LogP contribution in [0.3, 0.4) is 0 Å². The third kappa shape index (κ3) is 4.80. The molecule has 1 aliphatic heterocycles. The average molecular weight is 303 g/mol. The van der Waals surface area contributed by atoms with Crippen LogP contribution in [0, 0.1) is 17.8 Å². The zero-order valence-corrected chi connectivity index (χ0v) is 13.2. The van der Waals surface area contributed by atoms with Gasteiger partial charge in [-0.2, -0.15) is 11.8 Å².